The van der Waals surface area contributed by atoms with Crippen molar-refractivity contribution in [2.24, 2.45) is 0 Å². The van der Waals surface area contributed by atoms with Gasteiger partial charge in [-0.2, -0.15) is 0 Å². The van der Waals surface area contributed by atoms with Crippen LogP contribution in [0, 0.1) is 6.92 Å². The molecule has 0 aliphatic carbocycles. The van der Waals surface area contributed by atoms with Gasteiger partial charge in [-0.15, -0.1) is 0 Å². The van der Waals surface area contributed by atoms with E-state index in [1.807, 2.05) is 13.0 Å². The standard InChI is InChI=1S/C9H7BrN2O/c1-5-8(10)3-6-2-7(4-13)12-9(6)11-5/h2-4H,1H3,(H,11,12). The molecule has 0 spiro atoms. The Morgan fingerprint density at radius 2 is 2.31 bits per heavy atom. The number of nitrogens with one attached hydrogen (secondary N) is 1. The maximum Gasteiger partial charge on any atom is 0.166 e. The van der Waals surface area contributed by atoms with Crippen molar-refractivity contribution in [3.63, 3.8) is 0 Å². The Labute approximate surface area is 83.3 Å². The van der Waals surface area contributed by atoms with Crippen molar-refractivity contribution in [2.75, 3.05) is 0 Å². The zero-order valence-corrected chi connectivity index (χ0v) is 8.55. The minimum Gasteiger partial charge on any atom is -0.337 e. The first-order chi connectivity index (χ1) is 6.20. The first kappa shape index (κ1) is 8.44. The Kier molecular flexibility index (Phi) is 1.92. The van der Waals surface area contributed by atoms with Crippen LogP contribution in [0.1, 0.15) is 16.2 Å². The van der Waals surface area contributed by atoms with Crippen molar-refractivity contribution >= 4 is 33.2 Å². The molecule has 0 aliphatic rings. The molecule has 0 aromatic carbocycles. The molecule has 0 aliphatic heterocycles. The Bertz CT molecular complexity index is 437. The third-order valence-corrected chi connectivity index (χ3v) is 2.68. The molecule has 2 rings (SSSR count). The average Bonchev–Trinajstić information content (AvgIpc) is 2.48. The van der Waals surface area contributed by atoms with Gasteiger partial charge in [0.25, 0.3) is 0 Å². The second-order valence-electron chi connectivity index (χ2n) is 2.84. The number of fused-ring (bicyclic) bond motifs is 1. The van der Waals surface area contributed by atoms with E-state index in [1.165, 1.54) is 0 Å². The number of aromatic amines is 1. The molecule has 0 amide bonds. The monoisotopic (exact) mass is 238 g/mol. The third kappa shape index (κ3) is 1.37. The van der Waals surface area contributed by atoms with Crippen molar-refractivity contribution in [3.8, 4) is 0 Å². The number of nitrogens with zero attached hydrogens (tertiary/aromatic N) is 1. The molecule has 2 aromatic rings. The summed E-state index contributed by atoms with van der Waals surface area (Å²) >= 11 is 3.38. The number of aromatic nitrogens is 2. The summed E-state index contributed by atoms with van der Waals surface area (Å²) in [7, 11) is 0. The van der Waals surface area contributed by atoms with Crippen LogP contribution in [0.4, 0.5) is 0 Å². The lowest BCUT2D eigenvalue weighted by molar-refractivity contribution is 0.112. The van der Waals surface area contributed by atoms with Gasteiger partial charge in [0, 0.05) is 9.86 Å². The van der Waals surface area contributed by atoms with Crippen molar-refractivity contribution in [3.05, 3.63) is 28.0 Å². The molecule has 4 heteroatoms. The van der Waals surface area contributed by atoms with Crippen LogP contribution in [0.3, 0.4) is 0 Å². The summed E-state index contributed by atoms with van der Waals surface area (Å²) in [5.74, 6) is 0. The number of aldehydes is 1. The number of carbonyl (C=O) groups is 1. The highest BCUT2D eigenvalue weighted by Crippen LogP contribution is 2.20. The summed E-state index contributed by atoms with van der Waals surface area (Å²) in [6.45, 7) is 1.91. The second kappa shape index (κ2) is 2.96. The lowest BCUT2D eigenvalue weighted by atomic mass is 10.3. The largest absolute Gasteiger partial charge is 0.337 e. The number of rotatable bonds is 1. The van der Waals surface area contributed by atoms with Crippen molar-refractivity contribution < 1.29 is 4.79 Å². The molecule has 2 aromatic heterocycles. The Hall–Kier alpha value is -1.16. The molecule has 1 N–H and O–H groups in total. The summed E-state index contributed by atoms with van der Waals surface area (Å²) in [5, 5.41) is 0.944. The second-order valence-corrected chi connectivity index (χ2v) is 3.69. The maximum atomic E-state index is 10.5. The van der Waals surface area contributed by atoms with E-state index in [-0.39, 0.29) is 0 Å². The number of pyridine rings is 1. The van der Waals surface area contributed by atoms with Gasteiger partial charge in [-0.05, 0) is 35.0 Å². The number of H-pyrrole nitrogens is 1. The van der Waals surface area contributed by atoms with Gasteiger partial charge in [-0.1, -0.05) is 0 Å². The fraction of sp³-hybridized carbons (Fsp3) is 0.111. The quantitative estimate of drug-likeness (QED) is 0.777. The van der Waals surface area contributed by atoms with Gasteiger partial charge in [0.15, 0.2) is 6.29 Å². The molecule has 0 saturated heterocycles. The highest BCUT2D eigenvalue weighted by atomic mass is 79.9. The molecule has 0 atom stereocenters. The highest BCUT2D eigenvalue weighted by molar-refractivity contribution is 9.10. The van der Waals surface area contributed by atoms with Gasteiger partial charge in [0.1, 0.15) is 5.65 Å². The van der Waals surface area contributed by atoms with E-state index < -0.39 is 0 Å². The predicted molar refractivity (Wildman–Crippen MR) is 53.9 cm³/mol. The molecule has 0 unspecified atom stereocenters. The molecular weight excluding hydrogens is 232 g/mol. The van der Waals surface area contributed by atoms with Crippen LogP contribution in [0.25, 0.3) is 11.0 Å². The van der Waals surface area contributed by atoms with E-state index in [2.05, 4.69) is 25.9 Å². The van der Waals surface area contributed by atoms with Crippen molar-refractivity contribution in [1.29, 1.82) is 0 Å². The fourth-order valence-corrected chi connectivity index (χ4v) is 1.54. The van der Waals surface area contributed by atoms with E-state index in [4.69, 9.17) is 0 Å². The molecule has 2 heterocycles. The highest BCUT2D eigenvalue weighted by Gasteiger charge is 2.03. The summed E-state index contributed by atoms with van der Waals surface area (Å²) in [6, 6.07) is 3.72. The molecule has 0 radical (unpaired) electrons. The molecule has 3 nitrogen and oxygen atoms in total. The van der Waals surface area contributed by atoms with Gasteiger partial charge in [-0.3, -0.25) is 4.79 Å². The van der Waals surface area contributed by atoms with Gasteiger partial charge in [-0.25, -0.2) is 4.98 Å². The van der Waals surface area contributed by atoms with Crippen LogP contribution < -0.4 is 0 Å². The minimum atomic E-state index is 0.556. The van der Waals surface area contributed by atoms with E-state index >= 15 is 0 Å². The molecule has 66 valence electrons. The van der Waals surface area contributed by atoms with E-state index in [0.29, 0.717) is 5.69 Å². The van der Waals surface area contributed by atoms with Gasteiger partial charge in [0.2, 0.25) is 0 Å². The fourth-order valence-electron chi connectivity index (χ4n) is 1.21. The lowest BCUT2D eigenvalue weighted by Gasteiger charge is -1.95. The molecule has 13 heavy (non-hydrogen) atoms. The van der Waals surface area contributed by atoms with Crippen LogP contribution in [0.15, 0.2) is 16.6 Å². The Morgan fingerprint density at radius 3 is 3.00 bits per heavy atom. The smallest absolute Gasteiger partial charge is 0.166 e. The van der Waals surface area contributed by atoms with Crippen molar-refractivity contribution in [2.45, 2.75) is 6.92 Å². The van der Waals surface area contributed by atoms with Crippen LogP contribution in [-0.2, 0) is 0 Å². The SMILES string of the molecule is Cc1nc2[nH]c(C=O)cc2cc1Br. The summed E-state index contributed by atoms with van der Waals surface area (Å²) in [6.07, 6.45) is 0.783. The summed E-state index contributed by atoms with van der Waals surface area (Å²) < 4.78 is 0.955. The number of hydrogen-bond acceptors (Lipinski definition) is 2. The molecule has 0 saturated carbocycles. The van der Waals surface area contributed by atoms with E-state index in [1.54, 1.807) is 6.07 Å². The normalized spacial score (nSPS) is 10.6. The molecule has 0 bridgehead atoms. The number of carbonyl (C=O) groups excluding carboxylic acids is 1. The average molecular weight is 239 g/mol. The lowest BCUT2D eigenvalue weighted by Crippen LogP contribution is -1.83. The third-order valence-electron chi connectivity index (χ3n) is 1.88. The zero-order chi connectivity index (χ0) is 9.42. The summed E-state index contributed by atoms with van der Waals surface area (Å²) in [5.41, 5.74) is 2.22. The number of hydrogen-bond donors (Lipinski definition) is 1. The van der Waals surface area contributed by atoms with Gasteiger partial charge >= 0.3 is 0 Å². The summed E-state index contributed by atoms with van der Waals surface area (Å²) in [4.78, 5) is 17.7. The predicted octanol–water partition coefficient (Wildman–Crippen LogP) is 2.45. The van der Waals surface area contributed by atoms with Crippen LogP contribution >= 0.6 is 15.9 Å². The van der Waals surface area contributed by atoms with Gasteiger partial charge in [0.05, 0.1) is 11.4 Å². The number of halogens is 1. The van der Waals surface area contributed by atoms with Crippen molar-refractivity contribution in [1.82, 2.24) is 9.97 Å². The maximum absolute atomic E-state index is 10.5. The Balaban J connectivity index is 2.77. The topological polar surface area (TPSA) is 45.8 Å². The zero-order valence-electron chi connectivity index (χ0n) is 6.97. The Morgan fingerprint density at radius 1 is 1.54 bits per heavy atom. The minimum absolute atomic E-state index is 0.556. The van der Waals surface area contributed by atoms with E-state index in [9.17, 15) is 4.79 Å². The molecule has 0 fully saturated rings. The van der Waals surface area contributed by atoms with Crippen LogP contribution in [-0.4, -0.2) is 16.3 Å². The first-order valence-corrected chi connectivity index (χ1v) is 4.61. The van der Waals surface area contributed by atoms with E-state index in [0.717, 1.165) is 27.5 Å². The van der Waals surface area contributed by atoms with Crippen LogP contribution in [0.5, 0.6) is 0 Å². The van der Waals surface area contributed by atoms with Crippen LogP contribution in [0.2, 0.25) is 0 Å². The first-order valence-electron chi connectivity index (χ1n) is 3.82. The number of aryl methyl sites for hydroxylation is 1. The van der Waals surface area contributed by atoms with Gasteiger partial charge < -0.3 is 4.98 Å². The molecular formula is C9H7BrN2O.